The van der Waals surface area contributed by atoms with Crippen molar-refractivity contribution in [1.29, 1.82) is 0 Å². The Morgan fingerprint density at radius 1 is 1.20 bits per heavy atom. The number of nitrogens with one attached hydrogen (secondary N) is 2. The van der Waals surface area contributed by atoms with Crippen molar-refractivity contribution in [3.8, 4) is 5.75 Å². The van der Waals surface area contributed by atoms with E-state index in [2.05, 4.69) is 10.3 Å². The number of carbonyl (C=O) groups is 2. The number of amides is 2. The fourth-order valence-electron chi connectivity index (χ4n) is 1.57. The van der Waals surface area contributed by atoms with Gasteiger partial charge < -0.3 is 21.1 Å². The Bertz CT molecular complexity index is 740. The summed E-state index contributed by atoms with van der Waals surface area (Å²) in [5, 5.41) is 12.2. The summed E-state index contributed by atoms with van der Waals surface area (Å²) in [6.07, 6.45) is 1.54. The Morgan fingerprint density at radius 2 is 1.95 bits per heavy atom. The molecule has 1 aromatic carbocycles. The molecule has 0 unspecified atom stereocenters. The van der Waals surface area contributed by atoms with Gasteiger partial charge in [0, 0.05) is 17.3 Å². The predicted octanol–water partition coefficient (Wildman–Crippen LogP) is 1.80. The third-order valence-electron chi connectivity index (χ3n) is 2.57. The average molecular weight is 289 g/mol. The van der Waals surface area contributed by atoms with Crippen LogP contribution in [0.2, 0.25) is 0 Å². The van der Waals surface area contributed by atoms with Gasteiger partial charge >= 0.3 is 0 Å². The Balaban J connectivity index is 2.30. The molecule has 2 rings (SSSR count). The molecule has 0 saturated carbocycles. The van der Waals surface area contributed by atoms with Crippen LogP contribution in [0, 0.1) is 4.64 Å². The number of carbonyl (C=O) groups excluding carboxylic acids is 2. The summed E-state index contributed by atoms with van der Waals surface area (Å²) in [7, 11) is 0. The Hall–Kier alpha value is -2.67. The molecule has 2 amide bonds. The SMILES string of the molecule is NC(=O)c1ccc(O)c(NC(=O)c2cc[nH]c(=S)c2)c1. The van der Waals surface area contributed by atoms with E-state index in [-0.39, 0.29) is 17.0 Å². The molecule has 1 aromatic heterocycles. The van der Waals surface area contributed by atoms with Gasteiger partial charge in [-0.3, -0.25) is 9.59 Å². The molecule has 0 radical (unpaired) electrons. The summed E-state index contributed by atoms with van der Waals surface area (Å²) in [4.78, 5) is 25.8. The van der Waals surface area contributed by atoms with Gasteiger partial charge in [-0.2, -0.15) is 0 Å². The lowest BCUT2D eigenvalue weighted by Gasteiger charge is -2.08. The van der Waals surface area contributed by atoms with E-state index in [4.69, 9.17) is 18.0 Å². The van der Waals surface area contributed by atoms with E-state index in [0.717, 1.165) is 0 Å². The fourth-order valence-corrected chi connectivity index (χ4v) is 1.76. The van der Waals surface area contributed by atoms with Gasteiger partial charge in [-0.25, -0.2) is 0 Å². The molecule has 20 heavy (non-hydrogen) atoms. The summed E-state index contributed by atoms with van der Waals surface area (Å²) < 4.78 is 0.410. The van der Waals surface area contributed by atoms with Crippen LogP contribution >= 0.6 is 12.2 Å². The van der Waals surface area contributed by atoms with Crippen LogP contribution in [0.25, 0.3) is 0 Å². The quantitative estimate of drug-likeness (QED) is 0.510. The second kappa shape index (κ2) is 5.54. The number of benzene rings is 1. The highest BCUT2D eigenvalue weighted by Gasteiger charge is 2.11. The summed E-state index contributed by atoms with van der Waals surface area (Å²) in [6.45, 7) is 0. The van der Waals surface area contributed by atoms with Crippen molar-refractivity contribution in [3.05, 3.63) is 52.3 Å². The Kier molecular flexibility index (Phi) is 3.81. The molecule has 2 aromatic rings. The van der Waals surface area contributed by atoms with E-state index in [1.165, 1.54) is 30.5 Å². The average Bonchev–Trinajstić information content (AvgIpc) is 2.41. The number of rotatable bonds is 3. The number of hydrogen-bond donors (Lipinski definition) is 4. The van der Waals surface area contributed by atoms with E-state index >= 15 is 0 Å². The summed E-state index contributed by atoms with van der Waals surface area (Å²) in [5.74, 6) is -1.27. The van der Waals surface area contributed by atoms with Crippen molar-refractivity contribution in [1.82, 2.24) is 4.98 Å². The minimum atomic E-state index is -0.650. The maximum atomic E-state index is 12.0. The van der Waals surface area contributed by atoms with Gasteiger partial charge in [0.25, 0.3) is 5.91 Å². The summed E-state index contributed by atoms with van der Waals surface area (Å²) in [6, 6.07) is 6.98. The zero-order valence-corrected chi connectivity index (χ0v) is 11.0. The number of phenolic OH excluding ortho intramolecular Hbond substituents is 1. The molecular formula is C13H11N3O3S. The maximum absolute atomic E-state index is 12.0. The van der Waals surface area contributed by atoms with Crippen molar-refractivity contribution in [2.45, 2.75) is 0 Å². The molecule has 0 spiro atoms. The minimum Gasteiger partial charge on any atom is -0.506 e. The topological polar surface area (TPSA) is 108 Å². The smallest absolute Gasteiger partial charge is 0.255 e. The van der Waals surface area contributed by atoms with E-state index in [9.17, 15) is 14.7 Å². The summed E-state index contributed by atoms with van der Waals surface area (Å²) in [5.41, 5.74) is 5.76. The van der Waals surface area contributed by atoms with Gasteiger partial charge in [-0.1, -0.05) is 12.2 Å². The highest BCUT2D eigenvalue weighted by molar-refractivity contribution is 7.71. The van der Waals surface area contributed by atoms with Crippen molar-refractivity contribution >= 4 is 29.7 Å². The first-order valence-corrected chi connectivity index (χ1v) is 6.01. The van der Waals surface area contributed by atoms with Gasteiger partial charge in [0.05, 0.1) is 5.69 Å². The third-order valence-corrected chi connectivity index (χ3v) is 2.80. The largest absolute Gasteiger partial charge is 0.506 e. The zero-order chi connectivity index (χ0) is 14.7. The molecule has 0 aliphatic rings. The minimum absolute atomic E-state index is 0.102. The van der Waals surface area contributed by atoms with Crippen molar-refractivity contribution in [3.63, 3.8) is 0 Å². The van der Waals surface area contributed by atoms with Crippen LogP contribution in [0.4, 0.5) is 5.69 Å². The highest BCUT2D eigenvalue weighted by atomic mass is 32.1. The molecule has 1 heterocycles. The first kappa shape index (κ1) is 13.8. The van der Waals surface area contributed by atoms with Gasteiger partial charge in [0.15, 0.2) is 0 Å². The monoisotopic (exact) mass is 289 g/mol. The first-order chi connectivity index (χ1) is 9.47. The van der Waals surface area contributed by atoms with E-state index in [0.29, 0.717) is 10.2 Å². The molecule has 0 atom stereocenters. The number of phenols is 1. The molecule has 102 valence electrons. The zero-order valence-electron chi connectivity index (χ0n) is 10.2. The van der Waals surface area contributed by atoms with Crippen LogP contribution in [0.3, 0.4) is 0 Å². The number of aromatic amines is 1. The maximum Gasteiger partial charge on any atom is 0.255 e. The normalized spacial score (nSPS) is 10.0. The van der Waals surface area contributed by atoms with Crippen LogP contribution in [0.15, 0.2) is 36.5 Å². The number of anilines is 1. The van der Waals surface area contributed by atoms with Gasteiger partial charge in [0.1, 0.15) is 10.4 Å². The lowest BCUT2D eigenvalue weighted by atomic mass is 10.1. The number of H-pyrrole nitrogens is 1. The van der Waals surface area contributed by atoms with Gasteiger partial charge in [0.2, 0.25) is 5.91 Å². The lowest BCUT2D eigenvalue weighted by molar-refractivity contribution is 0.0996. The molecule has 0 fully saturated rings. The standard InChI is InChI=1S/C13H11N3O3S/c14-12(18)7-1-2-10(17)9(5-7)16-13(19)8-3-4-15-11(20)6-8/h1-6,17H,(H2,14,18)(H,15,20)(H,16,19). The number of pyridine rings is 1. The molecule has 0 bridgehead atoms. The number of primary amides is 1. The number of nitrogens with two attached hydrogens (primary N) is 1. The predicted molar refractivity (Wildman–Crippen MR) is 76.2 cm³/mol. The van der Waals surface area contributed by atoms with Gasteiger partial charge in [-0.05, 0) is 30.3 Å². The van der Waals surface area contributed by atoms with Crippen LogP contribution in [-0.4, -0.2) is 21.9 Å². The van der Waals surface area contributed by atoms with E-state index in [1.807, 2.05) is 0 Å². The number of hydrogen-bond acceptors (Lipinski definition) is 4. The Labute approximate surface area is 119 Å². The molecule has 5 N–H and O–H groups in total. The highest BCUT2D eigenvalue weighted by Crippen LogP contribution is 2.24. The van der Waals surface area contributed by atoms with Crippen LogP contribution in [-0.2, 0) is 0 Å². The van der Waals surface area contributed by atoms with Crippen molar-refractivity contribution in [2.75, 3.05) is 5.32 Å². The first-order valence-electron chi connectivity index (χ1n) is 5.60. The van der Waals surface area contributed by atoms with Crippen LogP contribution < -0.4 is 11.1 Å². The number of aromatic nitrogens is 1. The molecule has 7 heteroatoms. The molecule has 6 nitrogen and oxygen atoms in total. The van der Waals surface area contributed by atoms with E-state index in [1.54, 1.807) is 6.07 Å². The lowest BCUT2D eigenvalue weighted by Crippen LogP contribution is -2.14. The van der Waals surface area contributed by atoms with Crippen LogP contribution in [0.1, 0.15) is 20.7 Å². The van der Waals surface area contributed by atoms with Crippen molar-refractivity contribution < 1.29 is 14.7 Å². The Morgan fingerprint density at radius 3 is 2.60 bits per heavy atom. The van der Waals surface area contributed by atoms with Crippen LogP contribution in [0.5, 0.6) is 5.75 Å². The molecule has 0 aliphatic carbocycles. The second-order valence-electron chi connectivity index (χ2n) is 3.99. The van der Waals surface area contributed by atoms with E-state index < -0.39 is 11.8 Å². The summed E-state index contributed by atoms with van der Waals surface area (Å²) >= 11 is 4.92. The van der Waals surface area contributed by atoms with Crippen molar-refractivity contribution in [2.24, 2.45) is 5.73 Å². The molecule has 0 saturated heterocycles. The third kappa shape index (κ3) is 3.01. The van der Waals surface area contributed by atoms with Gasteiger partial charge in [-0.15, -0.1) is 0 Å². The second-order valence-corrected chi connectivity index (χ2v) is 4.43. The number of aromatic hydroxyl groups is 1. The molecular weight excluding hydrogens is 278 g/mol. The molecule has 0 aliphatic heterocycles. The fraction of sp³-hybridized carbons (Fsp3) is 0.